The van der Waals surface area contributed by atoms with Crippen LogP contribution in [0.1, 0.15) is 16.8 Å². The van der Waals surface area contributed by atoms with Crippen molar-refractivity contribution >= 4 is 44.2 Å². The molecule has 2 aromatic carbocycles. The molecule has 0 N–H and O–H groups in total. The van der Waals surface area contributed by atoms with Crippen LogP contribution in [0.25, 0.3) is 10.2 Å². The van der Waals surface area contributed by atoms with Gasteiger partial charge in [0, 0.05) is 31.0 Å². The van der Waals surface area contributed by atoms with Gasteiger partial charge in [0.25, 0.3) is 5.91 Å². The minimum atomic E-state index is -0.141. The second-order valence-electron chi connectivity index (χ2n) is 7.05. The average Bonchev–Trinajstić information content (AvgIpc) is 3.46. The van der Waals surface area contributed by atoms with Crippen LogP contribution < -0.4 is 14.4 Å². The third-order valence-electron chi connectivity index (χ3n) is 4.98. The Bertz CT molecular complexity index is 1220. The molecule has 4 aromatic rings. The Labute approximate surface area is 187 Å². The largest absolute Gasteiger partial charge is 0.486 e. The Balaban J connectivity index is 1.46. The van der Waals surface area contributed by atoms with Crippen molar-refractivity contribution in [2.75, 3.05) is 24.7 Å². The van der Waals surface area contributed by atoms with Crippen LogP contribution in [0.3, 0.4) is 0 Å². The Hall–Kier alpha value is -3.10. The summed E-state index contributed by atoms with van der Waals surface area (Å²) in [5.41, 5.74) is 1.23. The highest BCUT2D eigenvalue weighted by molar-refractivity contribution is 7.22. The van der Waals surface area contributed by atoms with E-state index in [2.05, 4.69) is 9.97 Å². The molecule has 158 valence electrons. The minimum Gasteiger partial charge on any atom is -0.486 e. The van der Waals surface area contributed by atoms with Crippen LogP contribution in [-0.2, 0) is 6.54 Å². The van der Waals surface area contributed by atoms with Crippen molar-refractivity contribution in [3.63, 3.8) is 0 Å². The number of ether oxygens (including phenoxy) is 2. The lowest BCUT2D eigenvalue weighted by Gasteiger charge is -2.22. The Morgan fingerprint density at radius 2 is 2.06 bits per heavy atom. The number of aryl methyl sites for hydroxylation is 1. The van der Waals surface area contributed by atoms with Gasteiger partial charge in [-0.1, -0.05) is 29.0 Å². The number of para-hydroxylation sites is 1. The van der Waals surface area contributed by atoms with Crippen molar-refractivity contribution in [2.24, 2.45) is 0 Å². The monoisotopic (exact) mass is 454 g/mol. The summed E-state index contributed by atoms with van der Waals surface area (Å²) < 4.78 is 14.2. The summed E-state index contributed by atoms with van der Waals surface area (Å²) in [6.45, 7) is 2.22. The highest BCUT2D eigenvalue weighted by atomic mass is 35.5. The van der Waals surface area contributed by atoms with E-state index < -0.39 is 0 Å². The highest BCUT2D eigenvalue weighted by Gasteiger charge is 2.23. The zero-order valence-electron chi connectivity index (χ0n) is 16.5. The number of rotatable bonds is 6. The molecule has 31 heavy (non-hydrogen) atoms. The summed E-state index contributed by atoms with van der Waals surface area (Å²) in [7, 11) is 0. The molecule has 0 fully saturated rings. The predicted octanol–water partition coefficient (Wildman–Crippen LogP) is 4.65. The van der Waals surface area contributed by atoms with E-state index >= 15 is 0 Å². The van der Waals surface area contributed by atoms with Gasteiger partial charge in [-0.25, -0.2) is 9.97 Å². The van der Waals surface area contributed by atoms with Crippen LogP contribution >= 0.6 is 22.9 Å². The van der Waals surface area contributed by atoms with Crippen molar-refractivity contribution in [3.8, 4) is 11.5 Å². The number of fused-ring (bicyclic) bond motifs is 2. The second kappa shape index (κ2) is 8.56. The number of hydrogen-bond donors (Lipinski definition) is 0. The number of nitrogens with zero attached hydrogens (tertiary/aromatic N) is 4. The number of hydrogen-bond acceptors (Lipinski definition) is 6. The van der Waals surface area contributed by atoms with E-state index in [0.29, 0.717) is 52.5 Å². The number of carbonyl (C=O) groups excluding carboxylic acids is 1. The number of imidazole rings is 1. The first-order valence-electron chi connectivity index (χ1n) is 9.91. The predicted molar refractivity (Wildman–Crippen MR) is 121 cm³/mol. The molecule has 0 bridgehead atoms. The maximum atomic E-state index is 13.5. The smallest absolute Gasteiger partial charge is 0.260 e. The fourth-order valence-electron chi connectivity index (χ4n) is 3.47. The molecular formula is C22H19ClN4O3S. The topological polar surface area (TPSA) is 69.5 Å². The van der Waals surface area contributed by atoms with Crippen LogP contribution in [0, 0.1) is 0 Å². The van der Waals surface area contributed by atoms with Crippen molar-refractivity contribution in [1.29, 1.82) is 0 Å². The first kappa shape index (κ1) is 19.8. The minimum absolute atomic E-state index is 0.141. The molecule has 1 aliphatic heterocycles. The van der Waals surface area contributed by atoms with E-state index in [4.69, 9.17) is 21.1 Å². The van der Waals surface area contributed by atoms with Gasteiger partial charge in [0.1, 0.15) is 18.7 Å². The normalized spacial score (nSPS) is 12.8. The molecule has 5 rings (SSSR count). The lowest BCUT2D eigenvalue weighted by atomic mass is 10.1. The number of anilines is 1. The van der Waals surface area contributed by atoms with E-state index in [9.17, 15) is 4.79 Å². The van der Waals surface area contributed by atoms with Gasteiger partial charge in [-0.05, 0) is 36.8 Å². The van der Waals surface area contributed by atoms with Gasteiger partial charge in [0.05, 0.1) is 16.0 Å². The summed E-state index contributed by atoms with van der Waals surface area (Å²) in [6.07, 6.45) is 6.17. The van der Waals surface area contributed by atoms with E-state index in [-0.39, 0.29) is 5.91 Å². The number of thiazole rings is 1. The summed E-state index contributed by atoms with van der Waals surface area (Å²) in [6, 6.07) is 10.9. The number of halogens is 1. The van der Waals surface area contributed by atoms with Crippen molar-refractivity contribution in [1.82, 2.24) is 14.5 Å². The molecule has 0 unspecified atom stereocenters. The Morgan fingerprint density at radius 1 is 1.19 bits per heavy atom. The molecule has 3 heterocycles. The maximum Gasteiger partial charge on any atom is 0.260 e. The zero-order valence-corrected chi connectivity index (χ0v) is 18.1. The SMILES string of the molecule is O=C(c1ccc2c(c1)OCCO2)N(CCCn1ccnc1)c1nc2c(Cl)cccc2s1. The molecule has 7 nitrogen and oxygen atoms in total. The molecule has 1 aliphatic rings. The standard InChI is InChI=1S/C22H19ClN4O3S/c23-16-3-1-4-19-20(16)25-22(31-19)27(9-2-8-26-10-7-24-14-26)21(28)15-5-6-17-18(13-15)30-12-11-29-17/h1,3-7,10,13-14H,2,8-9,11-12H2. The molecule has 2 aromatic heterocycles. The fraction of sp³-hybridized carbons (Fsp3) is 0.227. The molecule has 9 heteroatoms. The fourth-order valence-corrected chi connectivity index (χ4v) is 4.76. The summed E-state index contributed by atoms with van der Waals surface area (Å²) >= 11 is 7.78. The quantitative estimate of drug-likeness (QED) is 0.424. The molecule has 0 spiro atoms. The lowest BCUT2D eigenvalue weighted by molar-refractivity contribution is 0.0985. The van der Waals surface area contributed by atoms with E-state index in [1.54, 1.807) is 41.7 Å². The first-order valence-corrected chi connectivity index (χ1v) is 11.1. The average molecular weight is 455 g/mol. The first-order chi connectivity index (χ1) is 15.2. The molecule has 0 radical (unpaired) electrons. The van der Waals surface area contributed by atoms with Crippen LogP contribution in [0.4, 0.5) is 5.13 Å². The number of benzene rings is 2. The number of aromatic nitrogens is 3. The Kier molecular flexibility index (Phi) is 5.48. The summed E-state index contributed by atoms with van der Waals surface area (Å²) in [5, 5.41) is 1.19. The molecule has 0 aliphatic carbocycles. The van der Waals surface area contributed by atoms with Crippen molar-refractivity contribution < 1.29 is 14.3 Å². The molecule has 0 saturated carbocycles. The van der Waals surface area contributed by atoms with Crippen LogP contribution in [-0.4, -0.2) is 40.2 Å². The van der Waals surface area contributed by atoms with Gasteiger partial charge in [0.2, 0.25) is 0 Å². The number of carbonyl (C=O) groups is 1. The number of amides is 1. The van der Waals surface area contributed by atoms with Gasteiger partial charge in [-0.3, -0.25) is 9.69 Å². The zero-order chi connectivity index (χ0) is 21.2. The van der Waals surface area contributed by atoms with Gasteiger partial charge in [-0.2, -0.15) is 0 Å². The third kappa shape index (κ3) is 4.08. The lowest BCUT2D eigenvalue weighted by Crippen LogP contribution is -2.32. The Morgan fingerprint density at radius 3 is 2.87 bits per heavy atom. The van der Waals surface area contributed by atoms with Gasteiger partial charge in [0.15, 0.2) is 16.6 Å². The third-order valence-corrected chi connectivity index (χ3v) is 6.33. The van der Waals surface area contributed by atoms with Gasteiger partial charge < -0.3 is 14.0 Å². The summed E-state index contributed by atoms with van der Waals surface area (Å²) in [4.78, 5) is 24.0. The molecule has 1 amide bonds. The molecule has 0 saturated heterocycles. The van der Waals surface area contributed by atoms with Crippen molar-refractivity contribution in [2.45, 2.75) is 13.0 Å². The van der Waals surface area contributed by atoms with E-state index in [1.807, 2.05) is 22.9 Å². The van der Waals surface area contributed by atoms with E-state index in [1.165, 1.54) is 11.3 Å². The molecular weight excluding hydrogens is 436 g/mol. The molecule has 0 atom stereocenters. The van der Waals surface area contributed by atoms with E-state index in [0.717, 1.165) is 17.7 Å². The highest BCUT2D eigenvalue weighted by Crippen LogP contribution is 2.35. The second-order valence-corrected chi connectivity index (χ2v) is 8.47. The van der Waals surface area contributed by atoms with Gasteiger partial charge in [-0.15, -0.1) is 0 Å². The van der Waals surface area contributed by atoms with Crippen LogP contribution in [0.15, 0.2) is 55.1 Å². The van der Waals surface area contributed by atoms with Crippen LogP contribution in [0.2, 0.25) is 5.02 Å². The van der Waals surface area contributed by atoms with Crippen molar-refractivity contribution in [3.05, 3.63) is 65.7 Å². The van der Waals surface area contributed by atoms with Crippen LogP contribution in [0.5, 0.6) is 11.5 Å². The van der Waals surface area contributed by atoms with Gasteiger partial charge >= 0.3 is 0 Å². The summed E-state index contributed by atoms with van der Waals surface area (Å²) in [5.74, 6) is 1.10. The maximum absolute atomic E-state index is 13.5.